The van der Waals surface area contributed by atoms with Gasteiger partial charge >= 0.3 is 0 Å². The van der Waals surface area contributed by atoms with E-state index in [2.05, 4.69) is 15.0 Å². The number of rotatable bonds is 6. The van der Waals surface area contributed by atoms with E-state index in [0.717, 1.165) is 5.56 Å². The van der Waals surface area contributed by atoms with Crippen LogP contribution in [0, 0.1) is 5.41 Å². The van der Waals surface area contributed by atoms with Crippen LogP contribution in [-0.4, -0.2) is 31.0 Å². The Hall–Kier alpha value is -3.46. The Labute approximate surface area is 168 Å². The number of hydrogen-bond acceptors (Lipinski definition) is 5. The molecule has 1 heterocycles. The summed E-state index contributed by atoms with van der Waals surface area (Å²) in [7, 11) is -3.46. The lowest BCUT2D eigenvalue weighted by atomic mass is 10.0. The average molecular weight is 411 g/mol. The molecule has 0 aliphatic rings. The van der Waals surface area contributed by atoms with E-state index in [1.165, 1.54) is 0 Å². The second-order valence-electron chi connectivity index (χ2n) is 6.44. The maximum Gasteiger partial charge on any atom is 0.258 e. The summed E-state index contributed by atoms with van der Waals surface area (Å²) in [5.41, 5.74) is 7.73. The molecule has 29 heavy (non-hydrogen) atoms. The highest BCUT2D eigenvalue weighted by molar-refractivity contribution is 7.92. The average Bonchev–Trinajstić information content (AvgIpc) is 2.66. The van der Waals surface area contributed by atoms with E-state index in [9.17, 15) is 13.2 Å². The van der Waals surface area contributed by atoms with E-state index in [1.54, 1.807) is 31.2 Å². The van der Waals surface area contributed by atoms with E-state index in [1.807, 2.05) is 30.3 Å². The molecule has 0 fully saturated rings. The Morgan fingerprint density at radius 2 is 1.86 bits per heavy atom. The molecule has 5 N–H and O–H groups in total. The van der Waals surface area contributed by atoms with Crippen molar-refractivity contribution in [3.05, 3.63) is 60.2 Å². The summed E-state index contributed by atoms with van der Waals surface area (Å²) in [4.78, 5) is 17.2. The smallest absolute Gasteiger partial charge is 0.258 e. The van der Waals surface area contributed by atoms with Crippen molar-refractivity contribution in [3.8, 4) is 11.3 Å². The molecule has 1 aromatic heterocycles. The van der Waals surface area contributed by atoms with E-state index >= 15 is 0 Å². The number of aromatic nitrogens is 1. The van der Waals surface area contributed by atoms with Crippen LogP contribution in [0.1, 0.15) is 23.7 Å². The second-order valence-corrected chi connectivity index (χ2v) is 8.28. The number of nitrogens with one attached hydrogen (secondary N) is 3. The molecule has 8 nitrogen and oxygen atoms in total. The molecule has 0 aliphatic heterocycles. The lowest BCUT2D eigenvalue weighted by molar-refractivity contribution is 0.0978. The van der Waals surface area contributed by atoms with Crippen molar-refractivity contribution >= 4 is 38.5 Å². The summed E-state index contributed by atoms with van der Waals surface area (Å²) < 4.78 is 26.7. The van der Waals surface area contributed by atoms with Gasteiger partial charge in [-0.15, -0.1) is 0 Å². The molecule has 0 radical (unpaired) electrons. The normalized spacial score (nSPS) is 11.2. The minimum Gasteiger partial charge on any atom is -0.370 e. The summed E-state index contributed by atoms with van der Waals surface area (Å²) in [5.74, 6) is -0.999. The van der Waals surface area contributed by atoms with Gasteiger partial charge in [-0.05, 0) is 30.7 Å². The number of nitrogens with zero attached hydrogens (tertiary/aromatic N) is 1. The maximum atomic E-state index is 12.6. The van der Waals surface area contributed by atoms with Gasteiger partial charge in [-0.3, -0.25) is 20.2 Å². The van der Waals surface area contributed by atoms with Crippen LogP contribution in [-0.2, 0) is 10.0 Å². The van der Waals surface area contributed by atoms with Crippen LogP contribution in [0.25, 0.3) is 22.2 Å². The molecule has 9 heteroatoms. The van der Waals surface area contributed by atoms with Gasteiger partial charge in [-0.2, -0.15) is 0 Å². The number of pyridine rings is 1. The molecule has 0 saturated carbocycles. The predicted octanol–water partition coefficient (Wildman–Crippen LogP) is 2.68. The first kappa shape index (κ1) is 20.3. The van der Waals surface area contributed by atoms with Gasteiger partial charge in [0, 0.05) is 10.9 Å². The van der Waals surface area contributed by atoms with Crippen LogP contribution >= 0.6 is 0 Å². The van der Waals surface area contributed by atoms with Gasteiger partial charge in [0.15, 0.2) is 5.96 Å². The number of anilines is 1. The molecule has 0 atom stereocenters. The monoisotopic (exact) mass is 411 g/mol. The van der Waals surface area contributed by atoms with Gasteiger partial charge in [0.25, 0.3) is 5.91 Å². The first-order valence-corrected chi connectivity index (χ1v) is 10.6. The predicted molar refractivity (Wildman–Crippen MR) is 114 cm³/mol. The summed E-state index contributed by atoms with van der Waals surface area (Å²) in [6, 6.07) is 15.7. The number of fused-ring (bicyclic) bond motifs is 1. The largest absolute Gasteiger partial charge is 0.370 e. The standard InChI is InChI=1S/C20H21N5O3S/c1-2-10-29(27,28)25-14-8-9-15-16(19(26)24-20(21)22)12-17(23-18(15)11-14)13-6-4-3-5-7-13/h3-9,11-12,25H,2,10H2,1H3,(H4,21,22,24,26). The van der Waals surface area contributed by atoms with Crippen LogP contribution in [0.15, 0.2) is 54.6 Å². The minimum absolute atomic E-state index is 0.00872. The van der Waals surface area contributed by atoms with Crippen LogP contribution in [0.4, 0.5) is 5.69 Å². The molecule has 3 aromatic rings. The number of benzene rings is 2. The maximum absolute atomic E-state index is 12.6. The SMILES string of the molecule is CCCS(=O)(=O)Nc1ccc2c(C(=O)NC(=N)N)cc(-c3ccccc3)nc2c1. The lowest BCUT2D eigenvalue weighted by Crippen LogP contribution is -2.35. The van der Waals surface area contributed by atoms with Crippen LogP contribution in [0.3, 0.4) is 0 Å². The molecule has 0 saturated heterocycles. The van der Waals surface area contributed by atoms with Gasteiger partial charge in [0.1, 0.15) is 0 Å². The molecule has 1 amide bonds. The molecule has 2 aromatic carbocycles. The van der Waals surface area contributed by atoms with Crippen molar-refractivity contribution in [2.75, 3.05) is 10.5 Å². The van der Waals surface area contributed by atoms with E-state index < -0.39 is 21.9 Å². The Bertz CT molecular complexity index is 1180. The van der Waals surface area contributed by atoms with E-state index in [4.69, 9.17) is 11.1 Å². The molecule has 0 bridgehead atoms. The van der Waals surface area contributed by atoms with Crippen molar-refractivity contribution in [3.63, 3.8) is 0 Å². The fourth-order valence-corrected chi connectivity index (χ4v) is 4.05. The number of carbonyl (C=O) groups is 1. The van der Waals surface area contributed by atoms with Crippen molar-refractivity contribution < 1.29 is 13.2 Å². The van der Waals surface area contributed by atoms with Gasteiger partial charge in [-0.1, -0.05) is 37.3 Å². The Balaban J connectivity index is 2.15. The van der Waals surface area contributed by atoms with E-state index in [-0.39, 0.29) is 11.3 Å². The van der Waals surface area contributed by atoms with Gasteiger partial charge in [0.05, 0.1) is 28.2 Å². The van der Waals surface area contributed by atoms with Crippen molar-refractivity contribution in [1.82, 2.24) is 10.3 Å². The quantitative estimate of drug-likeness (QED) is 0.365. The molecular weight excluding hydrogens is 390 g/mol. The zero-order chi connectivity index (χ0) is 21.0. The third-order valence-electron chi connectivity index (χ3n) is 4.12. The highest BCUT2D eigenvalue weighted by atomic mass is 32.2. The molecular formula is C20H21N5O3S. The fraction of sp³-hybridized carbons (Fsp3) is 0.150. The first-order chi connectivity index (χ1) is 13.8. The highest BCUT2D eigenvalue weighted by Gasteiger charge is 2.16. The number of hydrogen-bond donors (Lipinski definition) is 4. The third-order valence-corrected chi connectivity index (χ3v) is 5.61. The summed E-state index contributed by atoms with van der Waals surface area (Å²) >= 11 is 0. The molecule has 3 rings (SSSR count). The van der Waals surface area contributed by atoms with Gasteiger partial charge in [0.2, 0.25) is 10.0 Å². The molecule has 0 unspecified atom stereocenters. The second kappa shape index (κ2) is 8.27. The molecule has 0 aliphatic carbocycles. The Morgan fingerprint density at radius 1 is 1.14 bits per heavy atom. The molecule has 150 valence electrons. The topological polar surface area (TPSA) is 138 Å². The van der Waals surface area contributed by atoms with Gasteiger partial charge in [-0.25, -0.2) is 13.4 Å². The number of guanidine groups is 1. The van der Waals surface area contributed by atoms with Crippen LogP contribution in [0.2, 0.25) is 0 Å². The van der Waals surface area contributed by atoms with Crippen molar-refractivity contribution in [2.45, 2.75) is 13.3 Å². The Kier molecular flexibility index (Phi) is 5.79. The van der Waals surface area contributed by atoms with E-state index in [0.29, 0.717) is 28.7 Å². The van der Waals surface area contributed by atoms with Crippen molar-refractivity contribution in [1.29, 1.82) is 5.41 Å². The lowest BCUT2D eigenvalue weighted by Gasteiger charge is -2.12. The fourth-order valence-electron chi connectivity index (χ4n) is 2.93. The highest BCUT2D eigenvalue weighted by Crippen LogP contribution is 2.27. The number of carbonyl (C=O) groups excluding carboxylic acids is 1. The zero-order valence-electron chi connectivity index (χ0n) is 15.8. The Morgan fingerprint density at radius 3 is 2.52 bits per heavy atom. The van der Waals surface area contributed by atoms with Gasteiger partial charge < -0.3 is 5.73 Å². The zero-order valence-corrected chi connectivity index (χ0v) is 16.6. The van der Waals surface area contributed by atoms with Crippen molar-refractivity contribution in [2.24, 2.45) is 5.73 Å². The third kappa shape index (κ3) is 4.88. The number of nitrogens with two attached hydrogens (primary N) is 1. The summed E-state index contributed by atoms with van der Waals surface area (Å²) in [6.45, 7) is 1.78. The van der Waals surface area contributed by atoms with Crippen LogP contribution < -0.4 is 15.8 Å². The molecule has 0 spiro atoms. The van der Waals surface area contributed by atoms with Crippen LogP contribution in [0.5, 0.6) is 0 Å². The first-order valence-electron chi connectivity index (χ1n) is 8.95. The number of sulfonamides is 1. The minimum atomic E-state index is -3.46. The summed E-state index contributed by atoms with van der Waals surface area (Å²) in [5, 5.41) is 10.1. The summed E-state index contributed by atoms with van der Waals surface area (Å²) in [6.07, 6.45) is 0.495. The number of amides is 1.